The Labute approximate surface area is 175 Å². The van der Waals surface area contributed by atoms with Crippen LogP contribution in [0.5, 0.6) is 5.75 Å². The minimum Gasteiger partial charge on any atom is -1.00 e. The summed E-state index contributed by atoms with van der Waals surface area (Å²) in [6, 6.07) is 17.3. The fraction of sp³-hybridized carbons (Fsp3) is 0.208. The van der Waals surface area contributed by atoms with Gasteiger partial charge in [-0.2, -0.15) is 4.57 Å². The van der Waals surface area contributed by atoms with Gasteiger partial charge in [0.15, 0.2) is 18.0 Å². The average molecular weight is 406 g/mol. The molecule has 2 bridgehead atoms. The summed E-state index contributed by atoms with van der Waals surface area (Å²) in [5.41, 5.74) is 6.04. The molecule has 0 fully saturated rings. The molecule has 2 unspecified atom stereocenters. The van der Waals surface area contributed by atoms with Crippen LogP contribution in [-0.4, -0.2) is 7.11 Å². The van der Waals surface area contributed by atoms with E-state index >= 15 is 0 Å². The fourth-order valence-corrected chi connectivity index (χ4v) is 5.53. The molecule has 0 saturated carbocycles. The highest BCUT2D eigenvalue weighted by atomic mass is 35.5. The Bertz CT molecular complexity index is 1120. The number of furan rings is 2. The number of pyridine rings is 1. The minimum absolute atomic E-state index is 0. The summed E-state index contributed by atoms with van der Waals surface area (Å²) >= 11 is 0. The number of halogens is 1. The Morgan fingerprint density at radius 2 is 1.62 bits per heavy atom. The van der Waals surface area contributed by atoms with Crippen molar-refractivity contribution in [1.82, 2.24) is 0 Å². The third-order valence-corrected chi connectivity index (χ3v) is 6.60. The molecule has 2 atom stereocenters. The minimum atomic E-state index is -0.270. The van der Waals surface area contributed by atoms with Gasteiger partial charge in [0.05, 0.1) is 43.5 Å². The Hall–Kier alpha value is -2.98. The van der Waals surface area contributed by atoms with Gasteiger partial charge in [-0.15, -0.1) is 0 Å². The van der Waals surface area contributed by atoms with Gasteiger partial charge >= 0.3 is 0 Å². The quantitative estimate of drug-likeness (QED) is 0.486. The van der Waals surface area contributed by atoms with Crippen LogP contribution in [0.1, 0.15) is 46.3 Å². The van der Waals surface area contributed by atoms with Gasteiger partial charge in [0.2, 0.25) is 5.69 Å². The number of benzene rings is 1. The summed E-state index contributed by atoms with van der Waals surface area (Å²) in [6.07, 6.45) is 10.4. The molecule has 0 amide bonds. The lowest BCUT2D eigenvalue weighted by atomic mass is 9.54. The second kappa shape index (κ2) is 6.53. The Kier molecular flexibility index (Phi) is 4.07. The zero-order valence-electron chi connectivity index (χ0n) is 15.9. The highest BCUT2D eigenvalue weighted by Crippen LogP contribution is 2.60. The van der Waals surface area contributed by atoms with E-state index in [-0.39, 0.29) is 29.8 Å². The first-order valence-electron chi connectivity index (χ1n) is 9.57. The van der Waals surface area contributed by atoms with E-state index in [9.17, 15) is 0 Å². The van der Waals surface area contributed by atoms with Crippen molar-refractivity contribution in [1.29, 1.82) is 0 Å². The van der Waals surface area contributed by atoms with Crippen molar-refractivity contribution in [3.63, 3.8) is 0 Å². The van der Waals surface area contributed by atoms with Crippen LogP contribution in [0.15, 0.2) is 88.6 Å². The van der Waals surface area contributed by atoms with Crippen molar-refractivity contribution in [2.45, 2.75) is 23.8 Å². The molecule has 3 aliphatic rings. The standard InChI is InChI=1S/C24H20NO3.ClH/c1-26-21-7-4-10-25-20-13-24(16-8-11-27-14-16,17-9-12-28-15-17)22(23(21)25)19-6-3-2-5-18(19)20;/h2-12,14-15,20,22H,13H2,1H3;1H/q+1;/p-1. The zero-order valence-corrected chi connectivity index (χ0v) is 16.7. The molecule has 0 saturated heterocycles. The van der Waals surface area contributed by atoms with E-state index < -0.39 is 0 Å². The molecule has 0 spiro atoms. The van der Waals surface area contributed by atoms with E-state index in [0.29, 0.717) is 0 Å². The summed E-state index contributed by atoms with van der Waals surface area (Å²) in [4.78, 5) is 0. The maximum atomic E-state index is 5.84. The maximum absolute atomic E-state index is 5.84. The third-order valence-electron chi connectivity index (χ3n) is 6.60. The molecule has 0 N–H and O–H groups in total. The van der Waals surface area contributed by atoms with Crippen LogP contribution in [0, 0.1) is 0 Å². The monoisotopic (exact) mass is 405 g/mol. The molecule has 1 aromatic carbocycles. The van der Waals surface area contributed by atoms with Crippen molar-refractivity contribution < 1.29 is 30.5 Å². The lowest BCUT2D eigenvalue weighted by Gasteiger charge is -2.48. The van der Waals surface area contributed by atoms with Gasteiger partial charge in [-0.05, 0) is 23.8 Å². The largest absolute Gasteiger partial charge is 1.00 e. The van der Waals surface area contributed by atoms with E-state index in [1.165, 1.54) is 27.9 Å². The molecule has 7 rings (SSSR count). The second-order valence-corrected chi connectivity index (χ2v) is 7.65. The van der Waals surface area contributed by atoms with Gasteiger partial charge in [-0.1, -0.05) is 24.3 Å². The van der Waals surface area contributed by atoms with Gasteiger partial charge < -0.3 is 26.0 Å². The lowest BCUT2D eigenvalue weighted by Crippen LogP contribution is -3.00. The highest BCUT2D eigenvalue weighted by molar-refractivity contribution is 5.55. The van der Waals surface area contributed by atoms with Crippen LogP contribution in [0.3, 0.4) is 0 Å². The van der Waals surface area contributed by atoms with Crippen LogP contribution < -0.4 is 21.7 Å². The van der Waals surface area contributed by atoms with Gasteiger partial charge in [0.25, 0.3) is 0 Å². The summed E-state index contributed by atoms with van der Waals surface area (Å²) in [5, 5.41) is 0. The smallest absolute Gasteiger partial charge is 0.232 e. The molecule has 3 aromatic heterocycles. The Morgan fingerprint density at radius 3 is 2.24 bits per heavy atom. The molecule has 4 aromatic rings. The maximum Gasteiger partial charge on any atom is 0.232 e. The van der Waals surface area contributed by atoms with E-state index in [4.69, 9.17) is 13.6 Å². The molecular formula is C24H20ClNO3. The number of nitrogens with zero attached hydrogens (tertiary/aromatic N) is 1. The van der Waals surface area contributed by atoms with E-state index in [2.05, 4.69) is 59.3 Å². The highest BCUT2D eigenvalue weighted by Gasteiger charge is 2.61. The molecule has 4 nitrogen and oxygen atoms in total. The van der Waals surface area contributed by atoms with Gasteiger partial charge in [0, 0.05) is 29.2 Å². The number of methoxy groups -OCH3 is 1. The molecule has 5 heteroatoms. The molecule has 146 valence electrons. The van der Waals surface area contributed by atoms with Crippen molar-refractivity contribution in [2.75, 3.05) is 7.11 Å². The lowest BCUT2D eigenvalue weighted by molar-refractivity contribution is -0.732. The molecule has 29 heavy (non-hydrogen) atoms. The number of aromatic nitrogens is 1. The van der Waals surface area contributed by atoms with Crippen molar-refractivity contribution in [3.8, 4) is 5.75 Å². The number of ether oxygens (including phenoxy) is 1. The Balaban J connectivity index is 0.00000181. The van der Waals surface area contributed by atoms with E-state index in [1.807, 2.05) is 12.5 Å². The van der Waals surface area contributed by atoms with Crippen molar-refractivity contribution >= 4 is 0 Å². The zero-order chi connectivity index (χ0) is 18.7. The van der Waals surface area contributed by atoms with Gasteiger partial charge in [-0.3, -0.25) is 0 Å². The molecular weight excluding hydrogens is 386 g/mol. The van der Waals surface area contributed by atoms with Crippen molar-refractivity contribution in [3.05, 3.63) is 108 Å². The number of hydrogen-bond donors (Lipinski definition) is 0. The van der Waals surface area contributed by atoms with Crippen LogP contribution in [-0.2, 0) is 5.41 Å². The van der Waals surface area contributed by atoms with Crippen LogP contribution >= 0.6 is 0 Å². The summed E-state index contributed by atoms with van der Waals surface area (Å²) in [6.45, 7) is 0. The van der Waals surface area contributed by atoms with E-state index in [1.54, 1.807) is 19.6 Å². The Morgan fingerprint density at radius 1 is 0.931 bits per heavy atom. The average Bonchev–Trinajstić information content (AvgIpc) is 3.48. The molecule has 1 aliphatic carbocycles. The fourth-order valence-electron chi connectivity index (χ4n) is 5.53. The first-order valence-corrected chi connectivity index (χ1v) is 9.57. The van der Waals surface area contributed by atoms with Gasteiger partial charge in [-0.25, -0.2) is 0 Å². The summed E-state index contributed by atoms with van der Waals surface area (Å²) in [7, 11) is 1.75. The molecule has 5 heterocycles. The van der Waals surface area contributed by atoms with E-state index in [0.717, 1.165) is 12.2 Å². The molecule has 2 aliphatic heterocycles. The predicted molar refractivity (Wildman–Crippen MR) is 102 cm³/mol. The summed E-state index contributed by atoms with van der Waals surface area (Å²) in [5.74, 6) is 1.02. The number of hydrogen-bond acceptors (Lipinski definition) is 3. The second-order valence-electron chi connectivity index (χ2n) is 7.65. The number of fused-ring (bicyclic) bond motifs is 1. The van der Waals surface area contributed by atoms with Gasteiger partial charge in [0.1, 0.15) is 0 Å². The topological polar surface area (TPSA) is 39.4 Å². The third kappa shape index (κ3) is 2.24. The van der Waals surface area contributed by atoms with Crippen LogP contribution in [0.4, 0.5) is 0 Å². The summed E-state index contributed by atoms with van der Waals surface area (Å²) < 4.78 is 19.4. The SMILES string of the molecule is COc1ccc[n+]2c1C1c3ccccc3C2CC1(c1ccoc1)c1ccoc1.[Cl-]. The normalized spacial score (nSPS) is 20.4. The first-order chi connectivity index (χ1) is 13.8. The van der Waals surface area contributed by atoms with Crippen LogP contribution in [0.2, 0.25) is 0 Å². The molecule has 0 radical (unpaired) electrons. The predicted octanol–water partition coefficient (Wildman–Crippen LogP) is 1.60. The number of rotatable bonds is 3. The van der Waals surface area contributed by atoms with Crippen LogP contribution in [0.25, 0.3) is 0 Å². The first kappa shape index (κ1) is 18.1. The van der Waals surface area contributed by atoms with Crippen molar-refractivity contribution in [2.24, 2.45) is 0 Å².